The van der Waals surface area contributed by atoms with Gasteiger partial charge in [0.1, 0.15) is 6.20 Å². The molecule has 3 aromatic rings. The normalized spacial score (nSPS) is 11.5. The van der Waals surface area contributed by atoms with Gasteiger partial charge in [0.2, 0.25) is 0 Å². The van der Waals surface area contributed by atoms with Gasteiger partial charge >= 0.3 is 5.82 Å². The molecule has 0 atom stereocenters. The Hall–Kier alpha value is -2.22. The minimum Gasteiger partial charge on any atom is -0.232 e. The van der Waals surface area contributed by atoms with Gasteiger partial charge in [0, 0.05) is 0 Å². The van der Waals surface area contributed by atoms with Gasteiger partial charge in [-0.05, 0) is 78.5 Å². The van der Waals surface area contributed by atoms with E-state index in [0.29, 0.717) is 5.92 Å². The van der Waals surface area contributed by atoms with Crippen molar-refractivity contribution in [2.75, 3.05) is 0 Å². The molecule has 0 spiro atoms. The van der Waals surface area contributed by atoms with Gasteiger partial charge in [0.25, 0.3) is 0 Å². The third-order valence-electron chi connectivity index (χ3n) is 4.68. The largest absolute Gasteiger partial charge is 0.331 e. The van der Waals surface area contributed by atoms with E-state index >= 15 is 0 Å². The standard InChI is InChI=1S/C22H27N2/c1-14(2)9-18-7-8-19-13-24(6)22(23-21(19)12-18)20-11-15(3)10-16(4)17(20)5/h7-8,10-14H,9H2,1-6H3/q+1. The number of hydrogen-bond donors (Lipinski definition) is 0. The molecule has 0 amide bonds. The highest BCUT2D eigenvalue weighted by Gasteiger charge is 2.19. The number of rotatable bonds is 3. The highest BCUT2D eigenvalue weighted by Crippen LogP contribution is 2.25. The summed E-state index contributed by atoms with van der Waals surface area (Å²) in [4.78, 5) is 5.02. The van der Waals surface area contributed by atoms with Gasteiger partial charge in [-0.1, -0.05) is 26.0 Å². The van der Waals surface area contributed by atoms with E-state index in [0.717, 1.165) is 17.8 Å². The van der Waals surface area contributed by atoms with Crippen LogP contribution >= 0.6 is 0 Å². The maximum absolute atomic E-state index is 5.02. The van der Waals surface area contributed by atoms with Crippen LogP contribution in [0.15, 0.2) is 36.5 Å². The molecule has 124 valence electrons. The number of aromatic nitrogens is 2. The van der Waals surface area contributed by atoms with Crippen LogP contribution in [0.5, 0.6) is 0 Å². The van der Waals surface area contributed by atoms with Gasteiger partial charge in [-0.3, -0.25) is 0 Å². The lowest BCUT2D eigenvalue weighted by molar-refractivity contribution is -0.661. The van der Waals surface area contributed by atoms with Crippen LogP contribution < -0.4 is 4.57 Å². The first-order chi connectivity index (χ1) is 11.3. The molecule has 0 bridgehead atoms. The van der Waals surface area contributed by atoms with E-state index in [2.05, 4.69) is 82.8 Å². The lowest BCUT2D eigenvalue weighted by atomic mass is 9.99. The monoisotopic (exact) mass is 319 g/mol. The first-order valence-electron chi connectivity index (χ1n) is 8.72. The van der Waals surface area contributed by atoms with Crippen LogP contribution in [0, 0.1) is 26.7 Å². The van der Waals surface area contributed by atoms with Gasteiger partial charge in [-0.25, -0.2) is 4.57 Å². The van der Waals surface area contributed by atoms with Gasteiger partial charge in [-0.2, -0.15) is 0 Å². The summed E-state index contributed by atoms with van der Waals surface area (Å²) in [7, 11) is 2.08. The molecule has 2 aromatic carbocycles. The molecule has 0 N–H and O–H groups in total. The highest BCUT2D eigenvalue weighted by molar-refractivity contribution is 5.79. The minimum atomic E-state index is 0.656. The zero-order valence-electron chi connectivity index (χ0n) is 15.6. The molecule has 0 radical (unpaired) electrons. The highest BCUT2D eigenvalue weighted by atomic mass is 15.0. The summed E-state index contributed by atoms with van der Waals surface area (Å²) in [5.74, 6) is 1.69. The van der Waals surface area contributed by atoms with Crippen LogP contribution in [0.4, 0.5) is 0 Å². The Labute approximate surface area is 145 Å². The van der Waals surface area contributed by atoms with Crippen molar-refractivity contribution in [1.29, 1.82) is 0 Å². The summed E-state index contributed by atoms with van der Waals surface area (Å²) in [6.07, 6.45) is 3.28. The van der Waals surface area contributed by atoms with Gasteiger partial charge in [-0.15, -0.1) is 0 Å². The molecule has 0 unspecified atom stereocenters. The molecule has 3 rings (SSSR count). The molecule has 0 aliphatic carbocycles. The first-order valence-corrected chi connectivity index (χ1v) is 8.72. The summed E-state index contributed by atoms with van der Waals surface area (Å²) >= 11 is 0. The lowest BCUT2D eigenvalue weighted by Crippen LogP contribution is -2.32. The molecular formula is C22H27N2+. The number of benzene rings is 2. The van der Waals surface area contributed by atoms with Crippen LogP contribution in [0.2, 0.25) is 0 Å². The van der Waals surface area contributed by atoms with E-state index in [4.69, 9.17) is 4.98 Å². The molecule has 0 aliphatic heterocycles. The zero-order valence-corrected chi connectivity index (χ0v) is 15.6. The second-order valence-corrected chi connectivity index (χ2v) is 7.42. The molecule has 0 saturated heterocycles. The van der Waals surface area contributed by atoms with E-state index in [9.17, 15) is 0 Å². The molecule has 2 heteroatoms. The maximum atomic E-state index is 5.02. The Morgan fingerprint density at radius 1 is 1.04 bits per heavy atom. The van der Waals surface area contributed by atoms with Crippen LogP contribution in [0.25, 0.3) is 22.3 Å². The Morgan fingerprint density at radius 2 is 1.79 bits per heavy atom. The number of fused-ring (bicyclic) bond motifs is 1. The first kappa shape index (κ1) is 16.6. The zero-order chi connectivity index (χ0) is 17.4. The Balaban J connectivity index is 2.19. The fraction of sp³-hybridized carbons (Fsp3) is 0.364. The smallest absolute Gasteiger partial charge is 0.232 e. The summed E-state index contributed by atoms with van der Waals surface area (Å²) in [5, 5.41) is 1.19. The predicted molar refractivity (Wildman–Crippen MR) is 101 cm³/mol. The van der Waals surface area contributed by atoms with Gasteiger partial charge < -0.3 is 0 Å². The fourth-order valence-corrected chi connectivity index (χ4v) is 3.38. The molecule has 1 heterocycles. The van der Waals surface area contributed by atoms with E-state index in [-0.39, 0.29) is 0 Å². The van der Waals surface area contributed by atoms with Crippen LogP contribution in [0.1, 0.15) is 36.1 Å². The molecule has 24 heavy (non-hydrogen) atoms. The minimum absolute atomic E-state index is 0.656. The van der Waals surface area contributed by atoms with Crippen LogP contribution in [-0.2, 0) is 13.5 Å². The quantitative estimate of drug-likeness (QED) is 0.631. The van der Waals surface area contributed by atoms with Crippen molar-refractivity contribution >= 4 is 10.9 Å². The van der Waals surface area contributed by atoms with Crippen molar-refractivity contribution in [3.05, 3.63) is 58.8 Å². The fourth-order valence-electron chi connectivity index (χ4n) is 3.38. The van der Waals surface area contributed by atoms with E-state index in [1.54, 1.807) is 0 Å². The van der Waals surface area contributed by atoms with E-state index in [1.807, 2.05) is 0 Å². The molecule has 0 saturated carbocycles. The molecular weight excluding hydrogens is 292 g/mol. The van der Waals surface area contributed by atoms with Crippen molar-refractivity contribution in [3.63, 3.8) is 0 Å². The van der Waals surface area contributed by atoms with Gasteiger partial charge in [0.05, 0.1) is 18.0 Å². The Bertz CT molecular complexity index is 907. The number of aryl methyl sites for hydroxylation is 3. The maximum Gasteiger partial charge on any atom is 0.331 e. The number of nitrogens with zero attached hydrogens (tertiary/aromatic N) is 2. The summed E-state index contributed by atoms with van der Waals surface area (Å²) in [5.41, 5.74) is 7.58. The topological polar surface area (TPSA) is 16.8 Å². The third kappa shape index (κ3) is 3.19. The summed E-state index contributed by atoms with van der Waals surface area (Å²) in [6, 6.07) is 11.1. The summed E-state index contributed by atoms with van der Waals surface area (Å²) < 4.78 is 2.14. The average Bonchev–Trinajstić information content (AvgIpc) is 2.50. The second-order valence-electron chi connectivity index (χ2n) is 7.42. The second kappa shape index (κ2) is 6.35. The van der Waals surface area contributed by atoms with E-state index < -0.39 is 0 Å². The Morgan fingerprint density at radius 3 is 2.50 bits per heavy atom. The van der Waals surface area contributed by atoms with Crippen molar-refractivity contribution in [1.82, 2.24) is 4.98 Å². The van der Waals surface area contributed by atoms with Crippen LogP contribution in [0.3, 0.4) is 0 Å². The average molecular weight is 319 g/mol. The van der Waals surface area contributed by atoms with Crippen molar-refractivity contribution < 1.29 is 4.57 Å². The van der Waals surface area contributed by atoms with Crippen molar-refractivity contribution in [2.24, 2.45) is 13.0 Å². The number of hydrogen-bond acceptors (Lipinski definition) is 1. The van der Waals surface area contributed by atoms with E-state index in [1.165, 1.54) is 33.2 Å². The van der Waals surface area contributed by atoms with Crippen molar-refractivity contribution in [2.45, 2.75) is 41.0 Å². The van der Waals surface area contributed by atoms with Crippen LogP contribution in [-0.4, -0.2) is 4.98 Å². The SMILES string of the molecule is Cc1cc(C)c(C)c(-c2nc3cc(CC(C)C)ccc3c[n+]2C)c1. The molecule has 0 aliphatic rings. The predicted octanol–water partition coefficient (Wildman–Crippen LogP) is 4.85. The molecule has 2 nitrogen and oxygen atoms in total. The molecule has 0 fully saturated rings. The summed E-state index contributed by atoms with van der Waals surface area (Å²) in [6.45, 7) is 11.0. The van der Waals surface area contributed by atoms with Crippen molar-refractivity contribution in [3.8, 4) is 11.4 Å². The third-order valence-corrected chi connectivity index (χ3v) is 4.68. The Kier molecular flexibility index (Phi) is 4.40. The molecule has 1 aromatic heterocycles. The lowest BCUT2D eigenvalue weighted by Gasteiger charge is -2.09. The van der Waals surface area contributed by atoms with Gasteiger partial charge in [0.15, 0.2) is 5.52 Å².